The Labute approximate surface area is 378 Å². The molecule has 15 nitrogen and oxygen atoms in total. The van der Waals surface area contributed by atoms with Crippen molar-refractivity contribution in [2.45, 2.75) is 6.10 Å². The number of hydrogen-bond donors (Lipinski definition) is 1. The summed E-state index contributed by atoms with van der Waals surface area (Å²) >= 11 is 0. The molecule has 64 heavy (non-hydrogen) atoms. The van der Waals surface area contributed by atoms with E-state index in [2.05, 4.69) is 24.3 Å². The SMILES string of the molecule is OCCOCCOCCOCCOc1ccc(OCCOCCOCCOCCOc2ccc(OCCOCCOCCOCCOC(c3ccccc3)c3ccccc3)cc2)cc1. The first-order chi connectivity index (χ1) is 31.8. The Balaban J connectivity index is 0.848. The van der Waals surface area contributed by atoms with Crippen LogP contribution in [0.4, 0.5) is 0 Å². The van der Waals surface area contributed by atoms with E-state index in [1.807, 2.05) is 84.9 Å². The van der Waals surface area contributed by atoms with Gasteiger partial charge in [-0.25, -0.2) is 0 Å². The molecule has 0 fully saturated rings. The fraction of sp³-hybridized carbons (Fsp3) is 0.510. The van der Waals surface area contributed by atoms with Crippen molar-refractivity contribution in [2.24, 2.45) is 0 Å². The van der Waals surface area contributed by atoms with Crippen LogP contribution in [0.2, 0.25) is 0 Å². The van der Waals surface area contributed by atoms with Crippen LogP contribution in [0.15, 0.2) is 109 Å². The summed E-state index contributed by atoms with van der Waals surface area (Å²) in [6.45, 7) is 10.6. The van der Waals surface area contributed by atoms with Crippen LogP contribution in [0.25, 0.3) is 0 Å². The molecule has 0 amide bonds. The number of hydrogen-bond acceptors (Lipinski definition) is 15. The highest BCUT2D eigenvalue weighted by Crippen LogP contribution is 2.25. The lowest BCUT2D eigenvalue weighted by Gasteiger charge is -2.19. The molecule has 0 aliphatic heterocycles. The van der Waals surface area contributed by atoms with Crippen LogP contribution in [-0.4, -0.2) is 164 Å². The van der Waals surface area contributed by atoms with E-state index in [-0.39, 0.29) is 12.7 Å². The zero-order valence-corrected chi connectivity index (χ0v) is 37.1. The number of ether oxygens (including phenoxy) is 14. The summed E-state index contributed by atoms with van der Waals surface area (Å²) in [5.74, 6) is 2.95. The summed E-state index contributed by atoms with van der Waals surface area (Å²) in [7, 11) is 0. The highest BCUT2D eigenvalue weighted by molar-refractivity contribution is 5.32. The molecule has 1 N–H and O–H groups in total. The minimum absolute atomic E-state index is 0.0155. The summed E-state index contributed by atoms with van der Waals surface area (Å²) in [5, 5.41) is 8.64. The van der Waals surface area contributed by atoms with Crippen LogP contribution in [0.3, 0.4) is 0 Å². The van der Waals surface area contributed by atoms with Crippen LogP contribution in [-0.2, 0) is 47.4 Å². The molecule has 0 bridgehead atoms. The van der Waals surface area contributed by atoms with Crippen LogP contribution < -0.4 is 18.9 Å². The van der Waals surface area contributed by atoms with E-state index in [1.165, 1.54) is 0 Å². The molecule has 0 heterocycles. The Bertz CT molecular complexity index is 1580. The van der Waals surface area contributed by atoms with Gasteiger partial charge in [0, 0.05) is 0 Å². The highest BCUT2D eigenvalue weighted by Gasteiger charge is 2.14. The molecule has 4 aromatic rings. The van der Waals surface area contributed by atoms with Crippen molar-refractivity contribution >= 4 is 0 Å². The van der Waals surface area contributed by atoms with Gasteiger partial charge in [-0.2, -0.15) is 0 Å². The number of rotatable bonds is 42. The molecule has 4 aromatic carbocycles. The molecular formula is C49H68O15. The summed E-state index contributed by atoms with van der Waals surface area (Å²) in [6.07, 6.45) is -0.128. The van der Waals surface area contributed by atoms with Gasteiger partial charge in [0.05, 0.1) is 132 Å². The van der Waals surface area contributed by atoms with E-state index >= 15 is 0 Å². The Morgan fingerprint density at radius 3 is 0.766 bits per heavy atom. The van der Waals surface area contributed by atoms with Crippen LogP contribution in [0, 0.1) is 0 Å². The molecule has 0 radical (unpaired) electrons. The van der Waals surface area contributed by atoms with Gasteiger partial charge >= 0.3 is 0 Å². The number of aliphatic hydroxyl groups excluding tert-OH is 1. The smallest absolute Gasteiger partial charge is 0.119 e. The highest BCUT2D eigenvalue weighted by atomic mass is 16.6. The Morgan fingerprint density at radius 2 is 0.500 bits per heavy atom. The molecule has 0 unspecified atom stereocenters. The molecule has 354 valence electrons. The van der Waals surface area contributed by atoms with Crippen molar-refractivity contribution in [3.05, 3.63) is 120 Å². The second kappa shape index (κ2) is 36.9. The normalized spacial score (nSPS) is 11.3. The molecule has 0 saturated carbocycles. The molecule has 0 saturated heterocycles. The van der Waals surface area contributed by atoms with Crippen molar-refractivity contribution in [1.82, 2.24) is 0 Å². The molecule has 0 atom stereocenters. The lowest BCUT2D eigenvalue weighted by atomic mass is 10.0. The average molecular weight is 897 g/mol. The first kappa shape index (κ1) is 52.3. The maximum Gasteiger partial charge on any atom is 0.119 e. The van der Waals surface area contributed by atoms with Gasteiger partial charge < -0.3 is 71.4 Å². The fourth-order valence-electron chi connectivity index (χ4n) is 5.69. The van der Waals surface area contributed by atoms with Crippen LogP contribution in [0.1, 0.15) is 17.2 Å². The predicted molar refractivity (Wildman–Crippen MR) is 240 cm³/mol. The van der Waals surface area contributed by atoms with Gasteiger partial charge in [0.1, 0.15) is 55.5 Å². The summed E-state index contributed by atoms with van der Waals surface area (Å²) in [6, 6.07) is 35.3. The Kier molecular flexibility index (Phi) is 30.2. The molecule has 0 aliphatic carbocycles. The molecule has 0 aromatic heterocycles. The largest absolute Gasteiger partial charge is 0.491 e. The summed E-state index contributed by atoms with van der Waals surface area (Å²) < 4.78 is 78.8. The van der Waals surface area contributed by atoms with Crippen molar-refractivity contribution < 1.29 is 71.4 Å². The van der Waals surface area contributed by atoms with Gasteiger partial charge in [0.25, 0.3) is 0 Å². The van der Waals surface area contributed by atoms with E-state index in [9.17, 15) is 0 Å². The van der Waals surface area contributed by atoms with Crippen LogP contribution >= 0.6 is 0 Å². The summed E-state index contributed by atoms with van der Waals surface area (Å²) in [4.78, 5) is 0. The molecule has 4 rings (SSSR count). The minimum atomic E-state index is -0.128. The number of aliphatic hydroxyl groups is 1. The lowest BCUT2D eigenvalue weighted by Crippen LogP contribution is -2.15. The van der Waals surface area contributed by atoms with Crippen molar-refractivity contribution in [1.29, 1.82) is 0 Å². The Morgan fingerprint density at radius 1 is 0.266 bits per heavy atom. The first-order valence-corrected chi connectivity index (χ1v) is 22.0. The number of benzene rings is 4. The zero-order chi connectivity index (χ0) is 44.6. The second-order valence-corrected chi connectivity index (χ2v) is 13.6. The zero-order valence-electron chi connectivity index (χ0n) is 37.1. The van der Waals surface area contributed by atoms with Crippen molar-refractivity contribution in [3.8, 4) is 23.0 Å². The van der Waals surface area contributed by atoms with Gasteiger partial charge in [-0.3, -0.25) is 0 Å². The monoisotopic (exact) mass is 896 g/mol. The maximum absolute atomic E-state index is 8.64. The lowest BCUT2D eigenvalue weighted by molar-refractivity contribution is -0.0134. The van der Waals surface area contributed by atoms with Gasteiger partial charge in [-0.15, -0.1) is 0 Å². The average Bonchev–Trinajstić information content (AvgIpc) is 3.33. The molecule has 15 heteroatoms. The van der Waals surface area contributed by atoms with Gasteiger partial charge in [0.15, 0.2) is 0 Å². The van der Waals surface area contributed by atoms with E-state index in [4.69, 9.17) is 71.4 Å². The quantitative estimate of drug-likeness (QED) is 0.0530. The Hall–Kier alpha value is -4.36. The van der Waals surface area contributed by atoms with E-state index < -0.39 is 0 Å². The third kappa shape index (κ3) is 25.8. The minimum Gasteiger partial charge on any atom is -0.491 e. The molecular weight excluding hydrogens is 829 g/mol. The molecule has 0 aliphatic rings. The standard InChI is InChI=1S/C49H68O15/c50-19-20-51-21-22-52-23-28-55-33-38-60-45-11-13-46(14-12-45)61-39-34-56-29-24-53-25-30-57-35-40-62-47-15-17-48(18-16-47)63-41-36-58-31-26-54-27-32-59-37-42-64-49(43-7-3-1-4-8-43)44-9-5-2-6-10-44/h1-18,49-50H,19-42H2. The summed E-state index contributed by atoms with van der Waals surface area (Å²) in [5.41, 5.74) is 2.23. The van der Waals surface area contributed by atoms with E-state index in [0.717, 1.165) is 34.1 Å². The molecule has 0 spiro atoms. The topological polar surface area (TPSA) is 149 Å². The fourth-order valence-corrected chi connectivity index (χ4v) is 5.69. The van der Waals surface area contributed by atoms with E-state index in [1.54, 1.807) is 0 Å². The first-order valence-electron chi connectivity index (χ1n) is 22.0. The predicted octanol–water partition coefficient (Wildman–Crippen LogP) is 5.85. The maximum atomic E-state index is 8.64. The van der Waals surface area contributed by atoms with Gasteiger partial charge in [-0.05, 0) is 59.7 Å². The third-order valence-corrected chi connectivity index (χ3v) is 8.82. The third-order valence-electron chi connectivity index (χ3n) is 8.82. The van der Waals surface area contributed by atoms with Crippen LogP contribution in [0.5, 0.6) is 23.0 Å². The van der Waals surface area contributed by atoms with Gasteiger partial charge in [0.2, 0.25) is 0 Å². The van der Waals surface area contributed by atoms with Crippen molar-refractivity contribution in [3.63, 3.8) is 0 Å². The van der Waals surface area contributed by atoms with E-state index in [0.29, 0.717) is 152 Å². The van der Waals surface area contributed by atoms with Gasteiger partial charge in [-0.1, -0.05) is 60.7 Å². The second-order valence-electron chi connectivity index (χ2n) is 13.6. The van der Waals surface area contributed by atoms with Crippen molar-refractivity contribution in [2.75, 3.05) is 159 Å².